The highest BCUT2D eigenvalue weighted by Crippen LogP contribution is 2.65. The summed E-state index contributed by atoms with van der Waals surface area (Å²) in [5, 5.41) is 23.7. The highest BCUT2D eigenvalue weighted by atomic mass is 19.4. The second-order valence-corrected chi connectivity index (χ2v) is 8.72. The second kappa shape index (κ2) is 6.72. The van der Waals surface area contributed by atoms with Crippen molar-refractivity contribution in [3.63, 3.8) is 0 Å². The van der Waals surface area contributed by atoms with Gasteiger partial charge in [-0.3, -0.25) is 0 Å². The lowest BCUT2D eigenvalue weighted by atomic mass is 9.68. The molecule has 0 amide bonds. The predicted octanol–water partition coefficient (Wildman–Crippen LogP) is 4.94. The van der Waals surface area contributed by atoms with Crippen LogP contribution in [0.5, 0.6) is 5.75 Å². The summed E-state index contributed by atoms with van der Waals surface area (Å²) in [7, 11) is 0. The monoisotopic (exact) mass is 469 g/mol. The van der Waals surface area contributed by atoms with E-state index in [1.807, 2.05) is 0 Å². The summed E-state index contributed by atoms with van der Waals surface area (Å²) in [6.45, 7) is 1.43. The fourth-order valence-corrected chi connectivity index (χ4v) is 4.87. The molecule has 2 atom stereocenters. The minimum atomic E-state index is -5.14. The van der Waals surface area contributed by atoms with Gasteiger partial charge in [-0.1, -0.05) is 6.07 Å². The highest BCUT2D eigenvalue weighted by molar-refractivity contribution is 5.91. The van der Waals surface area contributed by atoms with Gasteiger partial charge in [0.05, 0.1) is 6.04 Å². The number of anilines is 1. The predicted molar refractivity (Wildman–Crippen MR) is 105 cm³/mol. The van der Waals surface area contributed by atoms with Gasteiger partial charge in [-0.25, -0.2) is 23.1 Å². The molecule has 1 heterocycles. The van der Waals surface area contributed by atoms with Crippen molar-refractivity contribution in [1.82, 2.24) is 9.97 Å². The molecule has 2 aliphatic rings. The molecule has 0 aliphatic heterocycles. The minimum Gasteiger partial charge on any atom is -0.505 e. The van der Waals surface area contributed by atoms with Crippen LogP contribution in [-0.4, -0.2) is 32.0 Å². The number of nitrogens with zero attached hydrogens (tertiary/aromatic N) is 2. The number of aryl methyl sites for hydroxylation is 1. The van der Waals surface area contributed by atoms with Crippen molar-refractivity contribution in [3.05, 3.63) is 58.8 Å². The number of phenolic OH excluding ortho intramolecular Hbond substituents is 1. The van der Waals surface area contributed by atoms with Crippen molar-refractivity contribution in [1.29, 1.82) is 0 Å². The molecule has 2 aromatic carbocycles. The van der Waals surface area contributed by atoms with Crippen LogP contribution in [0.4, 0.5) is 32.0 Å². The molecule has 1 aromatic heterocycles. The van der Waals surface area contributed by atoms with Gasteiger partial charge in [-0.15, -0.1) is 0 Å². The Balaban J connectivity index is 1.75. The third kappa shape index (κ3) is 3.05. The molecule has 5 rings (SSSR count). The summed E-state index contributed by atoms with van der Waals surface area (Å²) in [6, 6.07) is 0.550. The Kier molecular flexibility index (Phi) is 4.43. The van der Waals surface area contributed by atoms with Crippen LogP contribution in [0, 0.1) is 24.4 Å². The molecule has 2 aliphatic carbocycles. The van der Waals surface area contributed by atoms with Crippen LogP contribution in [0.15, 0.2) is 24.4 Å². The number of aromatic nitrogens is 2. The molecule has 174 valence electrons. The minimum absolute atomic E-state index is 0.0205. The number of benzene rings is 2. The maximum Gasteiger partial charge on any atom is 0.419 e. The van der Waals surface area contributed by atoms with Crippen LogP contribution in [0.2, 0.25) is 0 Å². The average Bonchev–Trinajstić information content (AvgIpc) is 3.49. The van der Waals surface area contributed by atoms with Crippen molar-refractivity contribution in [2.75, 3.05) is 5.32 Å². The summed E-state index contributed by atoms with van der Waals surface area (Å²) in [5.41, 5.74) is -5.52. The van der Waals surface area contributed by atoms with E-state index in [-0.39, 0.29) is 40.9 Å². The number of alkyl halides is 3. The molecule has 0 radical (unpaired) electrons. The van der Waals surface area contributed by atoms with Gasteiger partial charge in [0, 0.05) is 34.3 Å². The zero-order valence-electron chi connectivity index (χ0n) is 17.1. The number of rotatable bonds is 2. The Bertz CT molecular complexity index is 1310. The number of fused-ring (bicyclic) bond motifs is 3. The fourth-order valence-electron chi connectivity index (χ4n) is 4.87. The number of nitrogens with one attached hydrogen (secondary N) is 1. The van der Waals surface area contributed by atoms with Crippen LogP contribution in [0.1, 0.15) is 42.3 Å². The lowest BCUT2D eigenvalue weighted by Crippen LogP contribution is -2.57. The Morgan fingerprint density at radius 1 is 1.12 bits per heavy atom. The van der Waals surface area contributed by atoms with Crippen LogP contribution in [-0.2, 0) is 5.41 Å². The smallest absolute Gasteiger partial charge is 0.419 e. The lowest BCUT2D eigenvalue weighted by Gasteiger charge is -2.46. The summed E-state index contributed by atoms with van der Waals surface area (Å²) in [4.78, 5) is 7.74. The molecule has 33 heavy (non-hydrogen) atoms. The van der Waals surface area contributed by atoms with E-state index in [1.54, 1.807) is 0 Å². The summed E-state index contributed by atoms with van der Waals surface area (Å²) < 4.78 is 85.5. The van der Waals surface area contributed by atoms with E-state index in [1.165, 1.54) is 6.92 Å². The Hall–Kier alpha value is -3.08. The molecule has 3 aromatic rings. The van der Waals surface area contributed by atoms with E-state index in [0.29, 0.717) is 6.07 Å². The van der Waals surface area contributed by atoms with Gasteiger partial charge in [0.2, 0.25) is 0 Å². The molecule has 1 saturated carbocycles. The molecule has 0 saturated heterocycles. The summed E-state index contributed by atoms with van der Waals surface area (Å²) >= 11 is 0. The van der Waals surface area contributed by atoms with E-state index in [2.05, 4.69) is 15.3 Å². The molecule has 0 unspecified atom stereocenters. The van der Waals surface area contributed by atoms with Gasteiger partial charge < -0.3 is 15.5 Å². The zero-order valence-corrected chi connectivity index (χ0v) is 17.1. The molecule has 3 N–H and O–H groups in total. The van der Waals surface area contributed by atoms with Crippen LogP contribution < -0.4 is 5.32 Å². The number of phenols is 1. The topological polar surface area (TPSA) is 78.3 Å². The number of hydrogen-bond acceptors (Lipinski definition) is 5. The first kappa shape index (κ1) is 21.7. The van der Waals surface area contributed by atoms with E-state index in [0.717, 1.165) is 18.3 Å². The molecule has 1 fully saturated rings. The van der Waals surface area contributed by atoms with Crippen LogP contribution >= 0.6 is 0 Å². The first-order chi connectivity index (χ1) is 15.4. The molecule has 0 bridgehead atoms. The van der Waals surface area contributed by atoms with E-state index < -0.39 is 58.4 Å². The Labute approximate surface area is 183 Å². The Morgan fingerprint density at radius 3 is 2.45 bits per heavy atom. The van der Waals surface area contributed by atoms with E-state index in [9.17, 15) is 36.6 Å². The highest BCUT2D eigenvalue weighted by Gasteiger charge is 2.68. The van der Waals surface area contributed by atoms with Gasteiger partial charge in [0.15, 0.2) is 28.8 Å². The molecular weight excluding hydrogens is 452 g/mol. The summed E-state index contributed by atoms with van der Waals surface area (Å²) in [6.07, 6.45) is -4.39. The van der Waals surface area contributed by atoms with Crippen molar-refractivity contribution in [2.24, 2.45) is 0 Å². The van der Waals surface area contributed by atoms with Gasteiger partial charge in [-0.2, -0.15) is 13.2 Å². The third-order valence-electron chi connectivity index (χ3n) is 6.62. The maximum absolute atomic E-state index is 14.3. The van der Waals surface area contributed by atoms with Crippen molar-refractivity contribution >= 4 is 16.6 Å². The Morgan fingerprint density at radius 2 is 1.82 bits per heavy atom. The largest absolute Gasteiger partial charge is 0.505 e. The standard InChI is InChI=1S/C22H17F6N3O2/c1-9-29-7-11-14(6-13(24)16(25)17(11)30-9)31-19-10-2-3-12(23)18(32)15(10)20(4-5-20)8-21(19,33)22(26,27)28/h2-3,6-7,19,31-33H,4-5,8H2,1H3/t19-,21-/m0/s1. The quantitative estimate of drug-likeness (QED) is 0.464. The average molecular weight is 469 g/mol. The first-order valence-corrected chi connectivity index (χ1v) is 10.1. The van der Waals surface area contributed by atoms with Crippen LogP contribution in [0.25, 0.3) is 10.9 Å². The third-order valence-corrected chi connectivity index (χ3v) is 6.62. The van der Waals surface area contributed by atoms with Gasteiger partial charge in [0.25, 0.3) is 0 Å². The molecule has 1 spiro atoms. The number of halogens is 6. The number of hydrogen-bond donors (Lipinski definition) is 3. The van der Waals surface area contributed by atoms with Crippen molar-refractivity contribution in [3.8, 4) is 5.75 Å². The van der Waals surface area contributed by atoms with Gasteiger partial charge in [-0.05, 0) is 37.8 Å². The number of aliphatic hydroxyl groups is 1. The lowest BCUT2D eigenvalue weighted by molar-refractivity contribution is -0.274. The van der Waals surface area contributed by atoms with Gasteiger partial charge in [0.1, 0.15) is 11.3 Å². The van der Waals surface area contributed by atoms with Gasteiger partial charge >= 0.3 is 6.18 Å². The molecule has 11 heteroatoms. The molecule has 5 nitrogen and oxygen atoms in total. The van der Waals surface area contributed by atoms with E-state index >= 15 is 0 Å². The van der Waals surface area contributed by atoms with Crippen LogP contribution in [0.3, 0.4) is 0 Å². The number of aromatic hydroxyl groups is 1. The zero-order chi connectivity index (χ0) is 23.9. The van der Waals surface area contributed by atoms with Crippen molar-refractivity contribution < 1.29 is 36.6 Å². The van der Waals surface area contributed by atoms with E-state index in [4.69, 9.17) is 0 Å². The van der Waals surface area contributed by atoms with Crippen molar-refractivity contribution in [2.45, 2.75) is 49.4 Å². The maximum atomic E-state index is 14.3. The fraction of sp³-hybridized carbons (Fsp3) is 0.364. The second-order valence-electron chi connectivity index (χ2n) is 8.72. The first-order valence-electron chi connectivity index (χ1n) is 10.1. The summed E-state index contributed by atoms with van der Waals surface area (Å²) in [5.74, 6) is -4.33. The SMILES string of the molecule is Cc1ncc2c(N[C@H]3c4ccc(F)c(O)c4C4(CC4)C[C@@]3(O)C(F)(F)F)cc(F)c(F)c2n1. The molecular formula is C22H17F6N3O2. The normalized spacial score (nSPS) is 23.6.